The molecular weight excluding hydrogens is 214 g/mol. The molecule has 0 spiro atoms. The lowest BCUT2D eigenvalue weighted by atomic mass is 9.85. The SMILES string of the molecule is NCC1(c2ncc3c(O)cccn23)CCCC1. The Morgan fingerprint density at radius 1 is 1.41 bits per heavy atom. The highest BCUT2D eigenvalue weighted by atomic mass is 16.3. The Balaban J connectivity index is 2.20. The van der Waals surface area contributed by atoms with Gasteiger partial charge in [-0.15, -0.1) is 0 Å². The van der Waals surface area contributed by atoms with E-state index in [1.54, 1.807) is 12.3 Å². The fourth-order valence-corrected chi connectivity index (χ4v) is 2.97. The van der Waals surface area contributed by atoms with Gasteiger partial charge >= 0.3 is 0 Å². The Bertz CT molecular complexity index is 541. The standard InChI is InChI=1S/C13H17N3O/c14-9-13(5-1-2-6-13)12-15-8-10-11(17)4-3-7-16(10)12/h3-4,7-8,17H,1-2,5-6,9,14H2. The first-order chi connectivity index (χ1) is 8.27. The van der Waals surface area contributed by atoms with Gasteiger partial charge in [0, 0.05) is 18.2 Å². The van der Waals surface area contributed by atoms with Gasteiger partial charge in [-0.05, 0) is 25.0 Å². The Kier molecular flexibility index (Phi) is 2.33. The Labute approximate surface area is 100 Å². The summed E-state index contributed by atoms with van der Waals surface area (Å²) in [6.07, 6.45) is 8.31. The van der Waals surface area contributed by atoms with Crippen molar-refractivity contribution in [2.75, 3.05) is 6.54 Å². The number of aromatic nitrogens is 2. The molecule has 17 heavy (non-hydrogen) atoms. The molecular formula is C13H17N3O. The summed E-state index contributed by atoms with van der Waals surface area (Å²) < 4.78 is 1.98. The molecule has 2 aromatic heterocycles. The number of rotatable bonds is 2. The average molecular weight is 231 g/mol. The van der Waals surface area contributed by atoms with E-state index in [0.717, 1.165) is 24.2 Å². The van der Waals surface area contributed by atoms with E-state index in [2.05, 4.69) is 4.98 Å². The first-order valence-electron chi connectivity index (χ1n) is 6.12. The first-order valence-corrected chi connectivity index (χ1v) is 6.12. The van der Waals surface area contributed by atoms with Gasteiger partial charge in [-0.25, -0.2) is 4.98 Å². The number of nitrogens with zero attached hydrogens (tertiary/aromatic N) is 2. The summed E-state index contributed by atoms with van der Waals surface area (Å²) in [6, 6.07) is 3.53. The van der Waals surface area contributed by atoms with E-state index in [-0.39, 0.29) is 11.2 Å². The minimum Gasteiger partial charge on any atom is -0.506 e. The summed E-state index contributed by atoms with van der Waals surface area (Å²) in [6.45, 7) is 0.627. The Hall–Kier alpha value is -1.55. The molecule has 1 saturated carbocycles. The Morgan fingerprint density at radius 2 is 2.18 bits per heavy atom. The summed E-state index contributed by atoms with van der Waals surface area (Å²) >= 11 is 0. The molecule has 1 fully saturated rings. The van der Waals surface area contributed by atoms with Crippen LogP contribution in [-0.4, -0.2) is 21.0 Å². The molecule has 3 rings (SSSR count). The maximum Gasteiger partial charge on any atom is 0.141 e. The summed E-state index contributed by atoms with van der Waals surface area (Å²) in [5.41, 5.74) is 6.74. The van der Waals surface area contributed by atoms with Gasteiger partial charge in [-0.2, -0.15) is 0 Å². The van der Waals surface area contributed by atoms with Gasteiger partial charge in [0.2, 0.25) is 0 Å². The molecule has 0 saturated heterocycles. The number of hydrogen-bond donors (Lipinski definition) is 2. The van der Waals surface area contributed by atoms with E-state index in [4.69, 9.17) is 5.73 Å². The van der Waals surface area contributed by atoms with Crippen molar-refractivity contribution < 1.29 is 5.11 Å². The van der Waals surface area contributed by atoms with E-state index < -0.39 is 0 Å². The normalized spacial score (nSPS) is 18.9. The zero-order valence-corrected chi connectivity index (χ0v) is 9.76. The smallest absolute Gasteiger partial charge is 0.141 e. The van der Waals surface area contributed by atoms with Crippen LogP contribution < -0.4 is 5.73 Å². The van der Waals surface area contributed by atoms with E-state index >= 15 is 0 Å². The average Bonchev–Trinajstić information content (AvgIpc) is 2.96. The van der Waals surface area contributed by atoms with Crippen molar-refractivity contribution in [3.8, 4) is 5.75 Å². The van der Waals surface area contributed by atoms with Crippen molar-refractivity contribution >= 4 is 5.52 Å². The van der Waals surface area contributed by atoms with Gasteiger partial charge in [-0.1, -0.05) is 12.8 Å². The molecule has 1 aliphatic rings. The molecule has 0 aliphatic heterocycles. The van der Waals surface area contributed by atoms with Crippen molar-refractivity contribution in [1.29, 1.82) is 0 Å². The third-order valence-corrected chi connectivity index (χ3v) is 3.97. The van der Waals surface area contributed by atoms with E-state index in [1.165, 1.54) is 12.8 Å². The highest BCUT2D eigenvalue weighted by Crippen LogP contribution is 2.40. The molecule has 4 heteroatoms. The molecule has 0 aromatic carbocycles. The summed E-state index contributed by atoms with van der Waals surface area (Å²) in [5.74, 6) is 1.28. The second-order valence-electron chi connectivity index (χ2n) is 4.92. The van der Waals surface area contributed by atoms with Crippen LogP contribution in [0.3, 0.4) is 0 Å². The van der Waals surface area contributed by atoms with Crippen molar-refractivity contribution in [2.24, 2.45) is 5.73 Å². The topological polar surface area (TPSA) is 63.5 Å². The van der Waals surface area contributed by atoms with E-state index in [9.17, 15) is 5.11 Å². The van der Waals surface area contributed by atoms with Crippen LogP contribution in [-0.2, 0) is 5.41 Å². The van der Waals surface area contributed by atoms with Crippen LogP contribution in [0.1, 0.15) is 31.5 Å². The lowest BCUT2D eigenvalue weighted by Crippen LogP contribution is -2.34. The maximum absolute atomic E-state index is 9.79. The molecule has 1 aliphatic carbocycles. The molecule has 0 bridgehead atoms. The highest BCUT2D eigenvalue weighted by molar-refractivity contribution is 5.58. The molecule has 0 unspecified atom stereocenters. The molecule has 0 amide bonds. The molecule has 0 radical (unpaired) electrons. The van der Waals surface area contributed by atoms with Gasteiger partial charge in [0.15, 0.2) is 0 Å². The van der Waals surface area contributed by atoms with Crippen molar-refractivity contribution in [1.82, 2.24) is 9.38 Å². The third-order valence-electron chi connectivity index (χ3n) is 3.97. The quantitative estimate of drug-likeness (QED) is 0.828. The maximum atomic E-state index is 9.79. The second-order valence-corrected chi connectivity index (χ2v) is 4.92. The lowest BCUT2D eigenvalue weighted by molar-refractivity contribution is 0.422. The second kappa shape index (κ2) is 3.74. The molecule has 3 N–H and O–H groups in total. The number of pyridine rings is 1. The zero-order chi connectivity index (χ0) is 11.9. The minimum atomic E-state index is 0.000208. The van der Waals surface area contributed by atoms with E-state index in [1.807, 2.05) is 16.7 Å². The van der Waals surface area contributed by atoms with Gasteiger partial charge in [0.05, 0.1) is 6.20 Å². The van der Waals surface area contributed by atoms with Crippen LogP contribution in [0.5, 0.6) is 5.75 Å². The van der Waals surface area contributed by atoms with Crippen LogP contribution in [0.15, 0.2) is 24.5 Å². The summed E-state index contributed by atoms with van der Waals surface area (Å²) in [7, 11) is 0. The van der Waals surface area contributed by atoms with Crippen molar-refractivity contribution in [3.63, 3.8) is 0 Å². The summed E-state index contributed by atoms with van der Waals surface area (Å²) in [4.78, 5) is 4.50. The zero-order valence-electron chi connectivity index (χ0n) is 9.76. The minimum absolute atomic E-state index is 0.000208. The van der Waals surface area contributed by atoms with Crippen LogP contribution in [0.2, 0.25) is 0 Å². The summed E-state index contributed by atoms with van der Waals surface area (Å²) in [5, 5.41) is 9.79. The largest absolute Gasteiger partial charge is 0.506 e. The number of nitrogens with two attached hydrogens (primary N) is 1. The first kappa shape index (κ1) is 10.6. The van der Waals surface area contributed by atoms with Crippen LogP contribution in [0.25, 0.3) is 5.52 Å². The molecule has 0 atom stereocenters. The fourth-order valence-electron chi connectivity index (χ4n) is 2.97. The number of imidazole rings is 1. The third kappa shape index (κ3) is 1.44. The number of fused-ring (bicyclic) bond motifs is 1. The lowest BCUT2D eigenvalue weighted by Gasteiger charge is -2.25. The number of hydrogen-bond acceptors (Lipinski definition) is 3. The monoisotopic (exact) mass is 231 g/mol. The Morgan fingerprint density at radius 3 is 2.88 bits per heavy atom. The van der Waals surface area contributed by atoms with Crippen LogP contribution in [0, 0.1) is 0 Å². The van der Waals surface area contributed by atoms with E-state index in [0.29, 0.717) is 6.54 Å². The predicted molar refractivity (Wildman–Crippen MR) is 66.1 cm³/mol. The highest BCUT2D eigenvalue weighted by Gasteiger charge is 2.37. The fraction of sp³-hybridized carbons (Fsp3) is 0.462. The van der Waals surface area contributed by atoms with Crippen LogP contribution >= 0.6 is 0 Å². The molecule has 2 aromatic rings. The molecule has 4 nitrogen and oxygen atoms in total. The van der Waals surface area contributed by atoms with Crippen molar-refractivity contribution in [2.45, 2.75) is 31.1 Å². The van der Waals surface area contributed by atoms with Gasteiger partial charge in [0.1, 0.15) is 17.1 Å². The number of aromatic hydroxyl groups is 1. The van der Waals surface area contributed by atoms with Crippen LogP contribution in [0.4, 0.5) is 0 Å². The van der Waals surface area contributed by atoms with Gasteiger partial charge in [-0.3, -0.25) is 4.40 Å². The van der Waals surface area contributed by atoms with Gasteiger partial charge < -0.3 is 10.8 Å². The predicted octanol–water partition coefficient (Wildman–Crippen LogP) is 1.81. The van der Waals surface area contributed by atoms with Crippen molar-refractivity contribution in [3.05, 3.63) is 30.4 Å². The molecule has 2 heterocycles. The van der Waals surface area contributed by atoms with Gasteiger partial charge in [0.25, 0.3) is 0 Å². The molecule has 90 valence electrons.